The zero-order valence-corrected chi connectivity index (χ0v) is 7.46. The number of aryl methyl sites for hydroxylation is 1. The number of thiol groups is 1. The second kappa shape index (κ2) is 2.76. The van der Waals surface area contributed by atoms with E-state index in [2.05, 4.69) is 0 Å². The van der Waals surface area contributed by atoms with Gasteiger partial charge >= 0.3 is 0 Å². The van der Waals surface area contributed by atoms with Crippen LogP contribution in [0.3, 0.4) is 0 Å². The fourth-order valence-electron chi connectivity index (χ4n) is 0.799. The third kappa shape index (κ3) is 1.41. The van der Waals surface area contributed by atoms with E-state index in [9.17, 15) is 8.42 Å². The summed E-state index contributed by atoms with van der Waals surface area (Å²) in [4.78, 5) is 1.35. The minimum Gasteiger partial charge on any atom is -0.227 e. The molecule has 0 fully saturated rings. The highest BCUT2D eigenvalue weighted by molar-refractivity contribution is 7.72. The van der Waals surface area contributed by atoms with Crippen LogP contribution in [0.5, 0.6) is 0 Å². The molecule has 0 bridgehead atoms. The summed E-state index contributed by atoms with van der Waals surface area (Å²) in [6, 6.07) is 1.70. The predicted octanol–water partition coefficient (Wildman–Crippen LogP) is -0.715. The molecule has 54 valence electrons. The molecule has 0 radical (unpaired) electrons. The van der Waals surface area contributed by atoms with Crippen molar-refractivity contribution in [2.24, 2.45) is 0 Å². The van der Waals surface area contributed by atoms with Crippen LogP contribution in [0.2, 0.25) is 0 Å². The third-order valence-corrected chi connectivity index (χ3v) is 3.19. The Kier molecular flexibility index (Phi) is 2.16. The van der Waals surface area contributed by atoms with E-state index < -0.39 is 10.7 Å². The summed E-state index contributed by atoms with van der Waals surface area (Å²) >= 11 is 1.51. The zero-order valence-electron chi connectivity index (χ0n) is 5.75. The number of hydrogen-bond acceptors (Lipinski definition) is 3. The normalized spacial score (nSPS) is 10.6. The molecule has 10 heavy (non-hydrogen) atoms. The molecular formula is C5H7BO2S2. The molecule has 0 spiro atoms. The molecule has 2 nitrogen and oxygen atoms in total. The molecule has 5 heteroatoms. The molecule has 0 aliphatic heterocycles. The minimum absolute atomic E-state index is 0.470. The maximum Gasteiger partial charge on any atom is 0.169 e. The van der Waals surface area contributed by atoms with Gasteiger partial charge in [-0.15, -0.1) is 0 Å². The Labute approximate surface area is 66.2 Å². The highest BCUT2D eigenvalue weighted by Gasteiger charge is 2.02. The maximum atomic E-state index is 10.5. The van der Waals surface area contributed by atoms with Crippen LogP contribution in [0.1, 0.15) is 4.88 Å². The number of thiophene rings is 1. The van der Waals surface area contributed by atoms with E-state index in [4.69, 9.17) is 0 Å². The van der Waals surface area contributed by atoms with Crippen LogP contribution in [0, 0.1) is 6.92 Å². The van der Waals surface area contributed by atoms with Crippen molar-refractivity contribution >= 4 is 34.7 Å². The van der Waals surface area contributed by atoms with E-state index in [0.717, 1.165) is 9.65 Å². The SMILES string of the molecule is Bc1cc([SH](=O)=O)c(C)s1. The molecule has 0 aromatic carbocycles. The Hall–Kier alpha value is -0.285. The predicted molar refractivity (Wildman–Crippen MR) is 45.8 cm³/mol. The molecule has 1 heterocycles. The van der Waals surface area contributed by atoms with Crippen LogP contribution in [0.15, 0.2) is 11.0 Å². The van der Waals surface area contributed by atoms with Gasteiger partial charge < -0.3 is 0 Å². The van der Waals surface area contributed by atoms with E-state index >= 15 is 0 Å². The Morgan fingerprint density at radius 3 is 2.40 bits per heavy atom. The van der Waals surface area contributed by atoms with Crippen LogP contribution in [-0.4, -0.2) is 16.3 Å². The molecule has 0 amide bonds. The first-order chi connectivity index (χ1) is 4.61. The average molecular weight is 174 g/mol. The van der Waals surface area contributed by atoms with Crippen LogP contribution in [0.25, 0.3) is 0 Å². The van der Waals surface area contributed by atoms with Gasteiger partial charge in [-0.25, -0.2) is 8.42 Å². The first-order valence-corrected chi connectivity index (χ1v) is 4.82. The summed E-state index contributed by atoms with van der Waals surface area (Å²) in [6.45, 7) is 1.82. The summed E-state index contributed by atoms with van der Waals surface area (Å²) in [6.07, 6.45) is 0. The molecule has 0 aliphatic rings. The van der Waals surface area contributed by atoms with Gasteiger partial charge in [0, 0.05) is 4.88 Å². The summed E-state index contributed by atoms with van der Waals surface area (Å²) in [7, 11) is -0.482. The molecule has 0 N–H and O–H groups in total. The second-order valence-electron chi connectivity index (χ2n) is 2.06. The Morgan fingerprint density at radius 1 is 1.60 bits per heavy atom. The Balaban J connectivity index is 3.28. The van der Waals surface area contributed by atoms with Crippen molar-refractivity contribution in [1.82, 2.24) is 0 Å². The van der Waals surface area contributed by atoms with Crippen molar-refractivity contribution in [1.29, 1.82) is 0 Å². The standard InChI is InChI=1S/C5H7BO2S2/c1-3-4(10(7)8)2-5(6)9-3/h2,10H,6H2,1H3. The lowest BCUT2D eigenvalue weighted by molar-refractivity contribution is 0.614. The van der Waals surface area contributed by atoms with Crippen molar-refractivity contribution in [3.8, 4) is 0 Å². The molecule has 0 saturated carbocycles. The lowest BCUT2D eigenvalue weighted by Crippen LogP contribution is -1.90. The van der Waals surface area contributed by atoms with Crippen molar-refractivity contribution in [3.05, 3.63) is 10.9 Å². The molecule has 0 saturated heterocycles. The van der Waals surface area contributed by atoms with Crippen LogP contribution in [-0.2, 0) is 10.7 Å². The van der Waals surface area contributed by atoms with Crippen molar-refractivity contribution < 1.29 is 8.42 Å². The summed E-state index contributed by atoms with van der Waals surface area (Å²) in [5.41, 5.74) is 0. The summed E-state index contributed by atoms with van der Waals surface area (Å²) in [5, 5.41) is 0. The highest BCUT2D eigenvalue weighted by Crippen LogP contribution is 2.12. The van der Waals surface area contributed by atoms with Gasteiger partial charge in [0.2, 0.25) is 0 Å². The monoisotopic (exact) mass is 174 g/mol. The van der Waals surface area contributed by atoms with Gasteiger partial charge in [-0.1, -0.05) is 0 Å². The third-order valence-electron chi connectivity index (χ3n) is 1.21. The molecule has 1 aromatic rings. The van der Waals surface area contributed by atoms with Crippen LogP contribution >= 0.6 is 11.3 Å². The second-order valence-corrected chi connectivity index (χ2v) is 4.51. The van der Waals surface area contributed by atoms with Gasteiger partial charge in [0.25, 0.3) is 0 Å². The van der Waals surface area contributed by atoms with E-state index in [0.29, 0.717) is 4.90 Å². The zero-order chi connectivity index (χ0) is 7.72. The maximum absolute atomic E-state index is 10.5. The van der Waals surface area contributed by atoms with Gasteiger partial charge in [0.05, 0.1) is 4.90 Å². The fourth-order valence-corrected chi connectivity index (χ4v) is 2.63. The molecular weight excluding hydrogens is 167 g/mol. The van der Waals surface area contributed by atoms with Crippen molar-refractivity contribution in [3.63, 3.8) is 0 Å². The van der Waals surface area contributed by atoms with Gasteiger partial charge in [0.15, 0.2) is 18.6 Å². The minimum atomic E-state index is -2.39. The van der Waals surface area contributed by atoms with E-state index in [1.54, 1.807) is 6.07 Å². The van der Waals surface area contributed by atoms with Gasteiger partial charge in [-0.2, -0.15) is 11.3 Å². The highest BCUT2D eigenvalue weighted by atomic mass is 32.2. The van der Waals surface area contributed by atoms with Crippen molar-refractivity contribution in [2.45, 2.75) is 11.8 Å². The van der Waals surface area contributed by atoms with Gasteiger partial charge in [-0.05, 0) is 17.8 Å². The Morgan fingerprint density at radius 2 is 2.20 bits per heavy atom. The van der Waals surface area contributed by atoms with Gasteiger partial charge in [0.1, 0.15) is 0 Å². The van der Waals surface area contributed by atoms with Crippen LogP contribution in [0.4, 0.5) is 0 Å². The topological polar surface area (TPSA) is 34.1 Å². The largest absolute Gasteiger partial charge is 0.227 e. The van der Waals surface area contributed by atoms with E-state index in [1.165, 1.54) is 11.3 Å². The van der Waals surface area contributed by atoms with E-state index in [1.807, 2.05) is 14.8 Å². The average Bonchev–Trinajstić information content (AvgIpc) is 2.10. The quantitative estimate of drug-likeness (QED) is 0.450. The lowest BCUT2D eigenvalue weighted by Gasteiger charge is -1.81. The lowest BCUT2D eigenvalue weighted by atomic mass is 10.1. The smallest absolute Gasteiger partial charge is 0.169 e. The summed E-state index contributed by atoms with van der Waals surface area (Å²) in [5.74, 6) is 0. The van der Waals surface area contributed by atoms with E-state index in [-0.39, 0.29) is 0 Å². The van der Waals surface area contributed by atoms with Crippen molar-refractivity contribution in [2.75, 3.05) is 0 Å². The first-order valence-electron chi connectivity index (χ1n) is 2.82. The number of rotatable bonds is 1. The van der Waals surface area contributed by atoms with Gasteiger partial charge in [-0.3, -0.25) is 0 Å². The summed E-state index contributed by atoms with van der Waals surface area (Å²) < 4.78 is 22.0. The van der Waals surface area contributed by atoms with Crippen LogP contribution < -0.4 is 4.78 Å². The fraction of sp³-hybridized carbons (Fsp3) is 0.200. The number of hydrogen-bond donors (Lipinski definition) is 1. The molecule has 1 rings (SSSR count). The molecule has 0 aliphatic carbocycles. The Bertz CT molecular complexity index is 305. The first kappa shape index (κ1) is 7.82. The molecule has 0 unspecified atom stereocenters. The molecule has 1 aromatic heterocycles. The molecule has 0 atom stereocenters.